The fraction of sp³-hybridized carbons (Fsp3) is 0.300. The monoisotopic (exact) mass is 374 g/mol. The second-order valence-corrected chi connectivity index (χ2v) is 7.64. The number of thiazole rings is 1. The average molecular weight is 374 g/mol. The number of hydrogen-bond donors (Lipinski definition) is 1. The first-order valence-corrected chi connectivity index (χ1v) is 9.66. The van der Waals surface area contributed by atoms with E-state index >= 15 is 0 Å². The molecule has 134 valence electrons. The molecule has 0 spiro atoms. The van der Waals surface area contributed by atoms with Gasteiger partial charge >= 0.3 is 0 Å². The quantitative estimate of drug-likeness (QED) is 0.687. The van der Waals surface area contributed by atoms with Gasteiger partial charge in [0.25, 0.3) is 6.67 Å². The van der Waals surface area contributed by atoms with Gasteiger partial charge in [0, 0.05) is 19.3 Å². The molecule has 0 saturated carbocycles. The third-order valence-corrected chi connectivity index (χ3v) is 5.80. The van der Waals surface area contributed by atoms with Gasteiger partial charge in [0.15, 0.2) is 5.13 Å². The van der Waals surface area contributed by atoms with Gasteiger partial charge in [-0.2, -0.15) is 5.26 Å². The summed E-state index contributed by atoms with van der Waals surface area (Å²) >= 11 is 1.52. The van der Waals surface area contributed by atoms with E-state index in [0.29, 0.717) is 18.2 Å². The van der Waals surface area contributed by atoms with Crippen LogP contribution in [0.1, 0.15) is 29.9 Å². The molecule has 3 aromatic rings. The van der Waals surface area contributed by atoms with Crippen LogP contribution in [-0.2, 0) is 0 Å². The Balaban J connectivity index is 1.48. The van der Waals surface area contributed by atoms with Crippen LogP contribution in [0.25, 0.3) is 15.1 Å². The summed E-state index contributed by atoms with van der Waals surface area (Å²) in [7, 11) is 0. The van der Waals surface area contributed by atoms with Crippen LogP contribution in [0.3, 0.4) is 0 Å². The molecule has 0 bridgehead atoms. The summed E-state index contributed by atoms with van der Waals surface area (Å²) in [6.07, 6.45) is 3.97. The van der Waals surface area contributed by atoms with Crippen molar-refractivity contribution >= 4 is 32.5 Å². The Morgan fingerprint density at radius 1 is 1.30 bits per heavy atom. The van der Waals surface area contributed by atoms with Gasteiger partial charge in [0.1, 0.15) is 5.82 Å². The number of likely N-dealkylation sites (tertiary alicyclic amines) is 1. The Morgan fingerprint density at radius 2 is 2.15 bits per heavy atom. The van der Waals surface area contributed by atoms with Crippen LogP contribution in [0.2, 0.25) is 0 Å². The topological polar surface area (TPSA) is 69.2 Å². The summed E-state index contributed by atoms with van der Waals surface area (Å²) in [5.74, 6) is 1.29. The number of rotatable bonds is 4. The van der Waals surface area contributed by atoms with Gasteiger partial charge in [0.05, 0.1) is 21.8 Å². The number of nitrogens with one attached hydrogen (secondary N) is 1. The van der Waals surface area contributed by atoms with Crippen LogP contribution in [0.15, 0.2) is 36.5 Å². The lowest BCUT2D eigenvalue weighted by atomic mass is 9.90. The molecular weight excluding hydrogens is 356 g/mol. The van der Waals surface area contributed by atoms with Crippen molar-refractivity contribution < 1.29 is 0 Å². The Morgan fingerprint density at radius 3 is 2.93 bits per heavy atom. The van der Waals surface area contributed by atoms with Gasteiger partial charge in [-0.05, 0) is 54.7 Å². The summed E-state index contributed by atoms with van der Waals surface area (Å²) in [4.78, 5) is 14.7. The number of pyridine rings is 1. The van der Waals surface area contributed by atoms with E-state index in [-0.39, 0.29) is 0 Å². The highest BCUT2D eigenvalue weighted by atomic mass is 32.1. The molecule has 3 heterocycles. The SMILES string of the molecule is [C-]#[N+]CN1CCC(c2ccnc(Nc3nc4ccc(C#N)cc4s3)c2)CC1. The second-order valence-electron chi connectivity index (χ2n) is 6.60. The first-order valence-electron chi connectivity index (χ1n) is 8.84. The largest absolute Gasteiger partial charge is 0.316 e. The number of anilines is 2. The molecule has 4 rings (SSSR count). The normalized spacial score (nSPS) is 15.3. The standard InChI is InChI=1S/C20H18N6S/c1-22-13-26-8-5-15(6-9-26)16-4-7-23-19(11-16)25-20-24-17-3-2-14(12-21)10-18(17)27-20/h2-4,7,10-11,15H,5-6,8-9,13H2,(H,23,24,25). The molecule has 0 amide bonds. The van der Waals surface area contributed by atoms with Gasteiger partial charge in [-0.1, -0.05) is 11.3 Å². The van der Waals surface area contributed by atoms with Gasteiger partial charge in [-0.3, -0.25) is 4.85 Å². The van der Waals surface area contributed by atoms with E-state index < -0.39 is 0 Å². The molecule has 0 aliphatic carbocycles. The van der Waals surface area contributed by atoms with Crippen LogP contribution < -0.4 is 5.32 Å². The van der Waals surface area contributed by atoms with Gasteiger partial charge in [0.2, 0.25) is 0 Å². The van der Waals surface area contributed by atoms with Crippen LogP contribution >= 0.6 is 11.3 Å². The molecule has 2 aromatic heterocycles. The minimum absolute atomic E-state index is 0.501. The Bertz CT molecular complexity index is 1040. The summed E-state index contributed by atoms with van der Waals surface area (Å²) in [5, 5.41) is 13.1. The molecule has 0 atom stereocenters. The van der Waals surface area contributed by atoms with E-state index in [4.69, 9.17) is 11.8 Å². The predicted molar refractivity (Wildman–Crippen MR) is 107 cm³/mol. The minimum atomic E-state index is 0.501. The van der Waals surface area contributed by atoms with Gasteiger partial charge < -0.3 is 5.32 Å². The average Bonchev–Trinajstić information content (AvgIpc) is 3.10. The summed E-state index contributed by atoms with van der Waals surface area (Å²) in [6, 6.07) is 11.9. The molecule has 6 nitrogen and oxygen atoms in total. The molecule has 1 aliphatic heterocycles. The third-order valence-electron chi connectivity index (χ3n) is 4.87. The number of fused-ring (bicyclic) bond motifs is 1. The van der Waals surface area contributed by atoms with Crippen molar-refractivity contribution in [2.75, 3.05) is 25.1 Å². The van der Waals surface area contributed by atoms with Crippen molar-refractivity contribution in [3.63, 3.8) is 0 Å². The third kappa shape index (κ3) is 3.90. The highest BCUT2D eigenvalue weighted by molar-refractivity contribution is 7.22. The summed E-state index contributed by atoms with van der Waals surface area (Å²) in [5.41, 5.74) is 2.80. The molecule has 0 unspecified atom stereocenters. The maximum Gasteiger partial charge on any atom is 0.270 e. The minimum Gasteiger partial charge on any atom is -0.316 e. The summed E-state index contributed by atoms with van der Waals surface area (Å²) in [6.45, 7) is 9.44. The number of hydrogen-bond acceptors (Lipinski definition) is 6. The highest BCUT2D eigenvalue weighted by Gasteiger charge is 2.22. The van der Waals surface area contributed by atoms with Crippen molar-refractivity contribution in [2.24, 2.45) is 0 Å². The summed E-state index contributed by atoms with van der Waals surface area (Å²) < 4.78 is 0.986. The van der Waals surface area contributed by atoms with Crippen molar-refractivity contribution in [2.45, 2.75) is 18.8 Å². The smallest absolute Gasteiger partial charge is 0.270 e. The molecule has 1 saturated heterocycles. The molecule has 1 N–H and O–H groups in total. The van der Waals surface area contributed by atoms with E-state index in [9.17, 15) is 0 Å². The predicted octanol–water partition coefficient (Wildman–Crippen LogP) is 4.36. The fourth-order valence-electron chi connectivity index (χ4n) is 3.43. The van der Waals surface area contributed by atoms with Crippen molar-refractivity contribution in [1.82, 2.24) is 14.9 Å². The van der Waals surface area contributed by atoms with Crippen LogP contribution in [-0.4, -0.2) is 34.6 Å². The Labute approximate surface area is 161 Å². The number of aromatic nitrogens is 2. The number of nitriles is 1. The zero-order valence-corrected chi connectivity index (χ0v) is 15.5. The lowest BCUT2D eigenvalue weighted by Gasteiger charge is -2.28. The van der Waals surface area contributed by atoms with E-state index in [1.54, 1.807) is 6.07 Å². The van der Waals surface area contributed by atoms with Crippen LogP contribution in [0.4, 0.5) is 10.9 Å². The van der Waals surface area contributed by atoms with Crippen molar-refractivity contribution in [1.29, 1.82) is 5.26 Å². The molecule has 7 heteroatoms. The maximum absolute atomic E-state index is 9.03. The fourth-order valence-corrected chi connectivity index (χ4v) is 4.35. The number of piperidine rings is 1. The molecule has 0 radical (unpaired) electrons. The maximum atomic E-state index is 9.03. The molecule has 1 fully saturated rings. The van der Waals surface area contributed by atoms with E-state index in [2.05, 4.69) is 43.2 Å². The van der Waals surface area contributed by atoms with E-state index in [1.807, 2.05) is 18.3 Å². The van der Waals surface area contributed by atoms with Crippen LogP contribution in [0.5, 0.6) is 0 Å². The van der Waals surface area contributed by atoms with Crippen molar-refractivity contribution in [3.8, 4) is 6.07 Å². The zero-order chi connectivity index (χ0) is 18.6. The lowest BCUT2D eigenvalue weighted by molar-refractivity contribution is 0.231. The van der Waals surface area contributed by atoms with Gasteiger partial charge in [-0.25, -0.2) is 21.4 Å². The first-order chi connectivity index (χ1) is 13.2. The van der Waals surface area contributed by atoms with Crippen LogP contribution in [0, 0.1) is 17.9 Å². The molecule has 1 aromatic carbocycles. The Kier molecular flexibility index (Phi) is 4.97. The van der Waals surface area contributed by atoms with Gasteiger partial charge in [-0.15, -0.1) is 0 Å². The zero-order valence-electron chi connectivity index (χ0n) is 14.7. The lowest BCUT2D eigenvalue weighted by Crippen LogP contribution is -2.32. The second kappa shape index (κ2) is 7.71. The molecular formula is C20H18N6S. The van der Waals surface area contributed by atoms with Crippen molar-refractivity contribution in [3.05, 3.63) is 59.1 Å². The van der Waals surface area contributed by atoms with E-state index in [1.165, 1.54) is 16.9 Å². The molecule has 1 aliphatic rings. The Hall–Kier alpha value is -3.00. The first kappa shape index (κ1) is 17.4. The highest BCUT2D eigenvalue weighted by Crippen LogP contribution is 2.31. The number of nitrogens with zero attached hydrogens (tertiary/aromatic N) is 5. The van der Waals surface area contributed by atoms with E-state index in [0.717, 1.165) is 47.1 Å². The number of benzene rings is 1. The molecule has 27 heavy (non-hydrogen) atoms.